The van der Waals surface area contributed by atoms with E-state index in [9.17, 15) is 4.39 Å². The third kappa shape index (κ3) is 5.72. The summed E-state index contributed by atoms with van der Waals surface area (Å²) in [5, 5.41) is 3.54. The van der Waals surface area contributed by atoms with E-state index in [1.807, 2.05) is 12.1 Å². The second-order valence-corrected chi connectivity index (χ2v) is 7.45. The Bertz CT molecular complexity index is 702. The lowest BCUT2D eigenvalue weighted by atomic mass is 10.0. The summed E-state index contributed by atoms with van der Waals surface area (Å²) < 4.78 is 25.3. The highest BCUT2D eigenvalue weighted by molar-refractivity contribution is 9.10. The van der Waals surface area contributed by atoms with E-state index in [-0.39, 0.29) is 11.4 Å². The van der Waals surface area contributed by atoms with Gasteiger partial charge in [-0.15, -0.1) is 0 Å². The van der Waals surface area contributed by atoms with E-state index >= 15 is 0 Å². The highest BCUT2D eigenvalue weighted by atomic mass is 79.9. The van der Waals surface area contributed by atoms with Crippen LogP contribution in [-0.4, -0.2) is 12.6 Å². The third-order valence-electron chi connectivity index (χ3n) is 4.28. The minimum atomic E-state index is -0.254. The van der Waals surface area contributed by atoms with Crippen LogP contribution in [0.3, 0.4) is 0 Å². The minimum Gasteiger partial charge on any atom is -0.493 e. The molecule has 2 aromatic rings. The van der Waals surface area contributed by atoms with Crippen molar-refractivity contribution in [3.8, 4) is 11.5 Å². The van der Waals surface area contributed by atoms with Gasteiger partial charge in [0.25, 0.3) is 0 Å². The van der Waals surface area contributed by atoms with E-state index in [4.69, 9.17) is 9.47 Å². The summed E-state index contributed by atoms with van der Waals surface area (Å²) in [4.78, 5) is 0. The molecule has 3 nitrogen and oxygen atoms in total. The maximum absolute atomic E-state index is 13.0. The van der Waals surface area contributed by atoms with E-state index < -0.39 is 0 Å². The average molecular weight is 410 g/mol. The summed E-state index contributed by atoms with van der Waals surface area (Å²) in [5.41, 5.74) is 2.08. The Hall–Kier alpha value is -1.59. The van der Waals surface area contributed by atoms with Gasteiger partial charge in [-0.05, 0) is 55.7 Å². The Labute approximate surface area is 157 Å². The van der Waals surface area contributed by atoms with E-state index in [0.717, 1.165) is 28.6 Å². The van der Waals surface area contributed by atoms with Gasteiger partial charge in [0, 0.05) is 16.6 Å². The second-order valence-electron chi connectivity index (χ2n) is 6.60. The highest BCUT2D eigenvalue weighted by Crippen LogP contribution is 2.34. The molecule has 0 saturated heterocycles. The first kappa shape index (κ1) is 19.7. The molecule has 0 aliphatic heterocycles. The lowest BCUT2D eigenvalue weighted by Gasteiger charge is -2.25. The topological polar surface area (TPSA) is 30.5 Å². The predicted molar refractivity (Wildman–Crippen MR) is 103 cm³/mol. The molecule has 0 bridgehead atoms. The Balaban J connectivity index is 2.11. The molecule has 1 N–H and O–H groups in total. The monoisotopic (exact) mass is 409 g/mol. The number of nitrogens with one attached hydrogen (secondary N) is 1. The first-order valence-corrected chi connectivity index (χ1v) is 9.12. The van der Waals surface area contributed by atoms with Gasteiger partial charge < -0.3 is 14.8 Å². The summed E-state index contributed by atoms with van der Waals surface area (Å²) >= 11 is 3.61. The van der Waals surface area contributed by atoms with Crippen LogP contribution in [0.2, 0.25) is 0 Å². The fourth-order valence-corrected chi connectivity index (χ4v) is 2.65. The second kappa shape index (κ2) is 8.68. The Morgan fingerprint density at radius 2 is 1.80 bits per heavy atom. The summed E-state index contributed by atoms with van der Waals surface area (Å²) in [5.74, 6) is 1.07. The molecule has 0 aromatic heterocycles. The van der Waals surface area contributed by atoms with E-state index in [1.54, 1.807) is 19.2 Å². The van der Waals surface area contributed by atoms with Crippen molar-refractivity contribution in [3.63, 3.8) is 0 Å². The lowest BCUT2D eigenvalue weighted by Crippen LogP contribution is -2.37. The van der Waals surface area contributed by atoms with Crippen molar-refractivity contribution >= 4 is 15.9 Å². The smallest absolute Gasteiger partial charge is 0.162 e. The highest BCUT2D eigenvalue weighted by Gasteiger charge is 2.16. The zero-order valence-corrected chi connectivity index (χ0v) is 16.7. The van der Waals surface area contributed by atoms with E-state index in [0.29, 0.717) is 18.1 Å². The molecule has 25 heavy (non-hydrogen) atoms. The summed E-state index contributed by atoms with van der Waals surface area (Å²) in [6.07, 6.45) is 1.04. The molecule has 0 unspecified atom stereocenters. The molecule has 2 aromatic carbocycles. The zero-order valence-electron chi connectivity index (χ0n) is 15.2. The molecule has 5 heteroatoms. The first-order chi connectivity index (χ1) is 11.8. The molecule has 0 atom stereocenters. The normalized spacial score (nSPS) is 11.4. The fourth-order valence-electron chi connectivity index (χ4n) is 2.19. The van der Waals surface area contributed by atoms with Crippen LogP contribution in [0.25, 0.3) is 0 Å². The van der Waals surface area contributed by atoms with Crippen LogP contribution < -0.4 is 14.8 Å². The quantitative estimate of drug-likeness (QED) is 0.628. The van der Waals surface area contributed by atoms with Gasteiger partial charge in [-0.1, -0.05) is 35.0 Å². The molecular formula is C20H25BrFNO2. The number of rotatable bonds is 8. The molecule has 0 saturated carbocycles. The SMILES string of the molecule is CCC(C)(C)NCc1cc(OC)c(OCc2ccc(F)cc2)cc1Br. The van der Waals surface area contributed by atoms with Crippen molar-refractivity contribution in [1.82, 2.24) is 5.32 Å². The van der Waals surface area contributed by atoms with Gasteiger partial charge in [0.05, 0.1) is 7.11 Å². The number of ether oxygens (including phenoxy) is 2. The summed E-state index contributed by atoms with van der Waals surface area (Å²) in [7, 11) is 1.63. The van der Waals surface area contributed by atoms with Crippen LogP contribution in [0.1, 0.15) is 38.3 Å². The van der Waals surface area contributed by atoms with Crippen molar-refractivity contribution in [2.75, 3.05) is 7.11 Å². The van der Waals surface area contributed by atoms with Crippen molar-refractivity contribution < 1.29 is 13.9 Å². The lowest BCUT2D eigenvalue weighted by molar-refractivity contribution is 0.283. The Morgan fingerprint density at radius 1 is 1.12 bits per heavy atom. The van der Waals surface area contributed by atoms with Gasteiger partial charge in [-0.3, -0.25) is 0 Å². The van der Waals surface area contributed by atoms with Crippen LogP contribution in [-0.2, 0) is 13.2 Å². The molecule has 136 valence electrons. The molecule has 0 aliphatic rings. The molecule has 0 radical (unpaired) electrons. The van der Waals surface area contributed by atoms with Crippen molar-refractivity contribution in [2.45, 2.75) is 45.9 Å². The number of hydrogen-bond donors (Lipinski definition) is 1. The summed E-state index contributed by atoms with van der Waals surface area (Å²) in [6.45, 7) is 7.60. The van der Waals surface area contributed by atoms with Gasteiger partial charge in [0.2, 0.25) is 0 Å². The zero-order chi connectivity index (χ0) is 18.4. The number of benzene rings is 2. The molecule has 0 heterocycles. The fraction of sp³-hybridized carbons (Fsp3) is 0.400. The third-order valence-corrected chi connectivity index (χ3v) is 5.02. The Kier molecular flexibility index (Phi) is 6.85. The molecule has 0 aliphatic carbocycles. The van der Waals surface area contributed by atoms with Crippen LogP contribution >= 0.6 is 15.9 Å². The van der Waals surface area contributed by atoms with Crippen molar-refractivity contribution in [3.05, 3.63) is 57.8 Å². The number of hydrogen-bond acceptors (Lipinski definition) is 3. The molecule has 0 amide bonds. The van der Waals surface area contributed by atoms with Gasteiger partial charge in [0.15, 0.2) is 11.5 Å². The summed E-state index contributed by atoms with van der Waals surface area (Å²) in [6, 6.07) is 10.2. The Morgan fingerprint density at radius 3 is 2.40 bits per heavy atom. The van der Waals surface area contributed by atoms with Crippen molar-refractivity contribution in [1.29, 1.82) is 0 Å². The van der Waals surface area contributed by atoms with Gasteiger partial charge in [0.1, 0.15) is 12.4 Å². The van der Waals surface area contributed by atoms with Crippen LogP contribution in [0, 0.1) is 5.82 Å². The standard InChI is InChI=1S/C20H25BrFNO2/c1-5-20(2,3)23-12-15-10-18(24-4)19(11-17(15)21)25-13-14-6-8-16(22)9-7-14/h6-11,23H,5,12-13H2,1-4H3. The van der Waals surface area contributed by atoms with E-state index in [1.165, 1.54) is 12.1 Å². The number of methoxy groups -OCH3 is 1. The van der Waals surface area contributed by atoms with Crippen molar-refractivity contribution in [2.24, 2.45) is 0 Å². The number of halogens is 2. The molecule has 0 fully saturated rings. The van der Waals surface area contributed by atoms with Gasteiger partial charge in [-0.2, -0.15) is 0 Å². The van der Waals surface area contributed by atoms with Crippen LogP contribution in [0.15, 0.2) is 40.9 Å². The predicted octanol–water partition coefficient (Wildman–Crippen LogP) is 5.45. The average Bonchev–Trinajstić information content (AvgIpc) is 2.60. The first-order valence-electron chi connectivity index (χ1n) is 8.33. The van der Waals surface area contributed by atoms with Crippen LogP contribution in [0.4, 0.5) is 4.39 Å². The maximum atomic E-state index is 13.0. The van der Waals surface area contributed by atoms with Crippen LogP contribution in [0.5, 0.6) is 11.5 Å². The molecular weight excluding hydrogens is 385 g/mol. The molecule has 2 rings (SSSR count). The maximum Gasteiger partial charge on any atom is 0.162 e. The van der Waals surface area contributed by atoms with Gasteiger partial charge >= 0.3 is 0 Å². The van der Waals surface area contributed by atoms with Gasteiger partial charge in [-0.25, -0.2) is 4.39 Å². The van der Waals surface area contributed by atoms with E-state index in [2.05, 4.69) is 42.0 Å². The largest absolute Gasteiger partial charge is 0.493 e. The minimum absolute atomic E-state index is 0.0738. The molecule has 0 spiro atoms.